The Morgan fingerprint density at radius 1 is 1.90 bits per heavy atom. The maximum atomic E-state index is 10.8. The first kappa shape index (κ1) is 7.23. The van der Waals surface area contributed by atoms with Crippen LogP contribution in [0, 0.1) is 0 Å². The van der Waals surface area contributed by atoms with E-state index in [1.54, 1.807) is 0 Å². The van der Waals surface area contributed by atoms with Crippen LogP contribution in [0.15, 0.2) is 4.79 Å². The summed E-state index contributed by atoms with van der Waals surface area (Å²) in [5, 5.41) is 1.30. The molecule has 1 rings (SSSR count). The van der Waals surface area contributed by atoms with Crippen molar-refractivity contribution in [1.82, 2.24) is 8.75 Å². The Balaban J connectivity index is 2.93. The van der Waals surface area contributed by atoms with Gasteiger partial charge in [0.25, 0.3) is 0 Å². The molecule has 0 aliphatic heterocycles. The first-order valence-corrected chi connectivity index (χ1v) is 3.59. The number of rotatable bonds is 2. The number of nitrogens with two attached hydrogens (primary N) is 1. The van der Waals surface area contributed by atoms with E-state index in [-0.39, 0.29) is 11.4 Å². The summed E-state index contributed by atoms with van der Waals surface area (Å²) in [4.78, 5) is 10.8. The second-order valence-corrected chi connectivity index (χ2v) is 2.29. The lowest BCUT2D eigenvalue weighted by Gasteiger charge is -2.09. The molecule has 0 fully saturated rings. The normalized spacial score (nSPS) is 9.80. The topological polar surface area (TPSA) is 75.0 Å². The molecule has 0 aliphatic carbocycles. The fourth-order valence-electron chi connectivity index (χ4n) is 0.527. The Hall–Kier alpha value is -0.880. The van der Waals surface area contributed by atoms with E-state index in [2.05, 4.69) is 8.75 Å². The summed E-state index contributed by atoms with van der Waals surface area (Å²) < 4.78 is 6.20. The molecule has 5 nitrogen and oxygen atoms in total. The van der Waals surface area contributed by atoms with Gasteiger partial charge in [0.15, 0.2) is 0 Å². The van der Waals surface area contributed by atoms with Crippen LogP contribution in [0.3, 0.4) is 0 Å². The fourth-order valence-corrected chi connectivity index (χ4v) is 1.02. The largest absolute Gasteiger partial charge is 0.303 e. The zero-order chi connectivity index (χ0) is 7.56. The van der Waals surface area contributed by atoms with Crippen molar-refractivity contribution in [2.24, 2.45) is 5.84 Å². The zero-order valence-electron chi connectivity index (χ0n) is 5.50. The third-order valence-corrected chi connectivity index (χ3v) is 1.63. The quantitative estimate of drug-likeness (QED) is 0.453. The highest BCUT2D eigenvalue weighted by Crippen LogP contribution is 1.97. The minimum Gasteiger partial charge on any atom is -0.290 e. The monoisotopic (exact) mass is 160 g/mol. The van der Waals surface area contributed by atoms with Crippen LogP contribution in [0.1, 0.15) is 6.92 Å². The van der Waals surface area contributed by atoms with Gasteiger partial charge in [-0.1, -0.05) is 0 Å². The maximum absolute atomic E-state index is 10.8. The van der Waals surface area contributed by atoms with Crippen LogP contribution < -0.4 is 16.4 Å². The minimum atomic E-state index is -0.227. The Bertz CT molecular complexity index is 254. The lowest BCUT2D eigenvalue weighted by Crippen LogP contribution is -2.34. The third-order valence-electron chi connectivity index (χ3n) is 1.09. The van der Waals surface area contributed by atoms with Crippen LogP contribution in [0.5, 0.6) is 0 Å². The Kier molecular flexibility index (Phi) is 2.03. The molecule has 0 bridgehead atoms. The van der Waals surface area contributed by atoms with E-state index in [0.717, 1.165) is 11.7 Å². The molecule has 0 aromatic carbocycles. The predicted molar refractivity (Wildman–Crippen MR) is 39.9 cm³/mol. The summed E-state index contributed by atoms with van der Waals surface area (Å²) in [6.45, 7) is 2.42. The number of H-pyrrole nitrogens is 1. The molecule has 1 aromatic heterocycles. The number of aromatic nitrogens is 2. The van der Waals surface area contributed by atoms with Crippen molar-refractivity contribution < 1.29 is 0 Å². The average Bonchev–Trinajstić information content (AvgIpc) is 2.34. The van der Waals surface area contributed by atoms with Crippen molar-refractivity contribution >= 4 is 17.5 Å². The summed E-state index contributed by atoms with van der Waals surface area (Å²) in [5.41, 5.74) is -0.227. The molecule has 6 heteroatoms. The zero-order valence-corrected chi connectivity index (χ0v) is 6.31. The van der Waals surface area contributed by atoms with Gasteiger partial charge in [-0.05, 0) is 6.92 Å². The summed E-state index contributed by atoms with van der Waals surface area (Å²) in [6, 6.07) is 0. The van der Waals surface area contributed by atoms with Crippen molar-refractivity contribution in [3.05, 3.63) is 10.4 Å². The van der Waals surface area contributed by atoms with Gasteiger partial charge in [-0.25, -0.2) is 5.84 Å². The highest BCUT2D eigenvalue weighted by atomic mass is 32.1. The summed E-state index contributed by atoms with van der Waals surface area (Å²) in [5.74, 6) is 5.68. The third kappa shape index (κ3) is 1.17. The molecule has 56 valence electrons. The lowest BCUT2D eigenvalue weighted by molar-refractivity contribution is 0.871. The molecule has 0 amide bonds. The number of hydrogen-bond acceptors (Lipinski definition) is 5. The summed E-state index contributed by atoms with van der Waals surface area (Å²) in [7, 11) is 0. The molecule has 0 saturated carbocycles. The minimum absolute atomic E-state index is 0.227. The highest BCUT2D eigenvalue weighted by Gasteiger charge is 2.05. The van der Waals surface area contributed by atoms with Gasteiger partial charge in [0, 0.05) is 18.3 Å². The van der Waals surface area contributed by atoms with Crippen LogP contribution in [0.25, 0.3) is 0 Å². The first-order valence-electron chi connectivity index (χ1n) is 2.82. The first-order chi connectivity index (χ1) is 4.75. The molecular weight excluding hydrogens is 152 g/mol. The van der Waals surface area contributed by atoms with Gasteiger partial charge in [-0.3, -0.25) is 14.2 Å². The van der Waals surface area contributed by atoms with Crippen LogP contribution in [-0.4, -0.2) is 15.3 Å². The number of aromatic amines is 1. The van der Waals surface area contributed by atoms with E-state index in [9.17, 15) is 4.79 Å². The molecule has 0 radical (unpaired) electrons. The van der Waals surface area contributed by atoms with E-state index >= 15 is 0 Å². The molecule has 0 saturated heterocycles. The molecule has 0 aliphatic rings. The molecule has 0 unspecified atom stereocenters. The van der Waals surface area contributed by atoms with Crippen LogP contribution >= 0.6 is 11.7 Å². The smallest absolute Gasteiger partial charge is 0.290 e. The molecule has 3 N–H and O–H groups in total. The van der Waals surface area contributed by atoms with E-state index in [0.29, 0.717) is 6.54 Å². The molecular formula is C4H8N4OS. The number of anilines is 1. The SMILES string of the molecule is CCN(N)c1ns[nH]c1=O. The summed E-state index contributed by atoms with van der Waals surface area (Å²) in [6.07, 6.45) is 0. The van der Waals surface area contributed by atoms with E-state index < -0.39 is 0 Å². The second kappa shape index (κ2) is 2.80. The van der Waals surface area contributed by atoms with Crippen molar-refractivity contribution in [2.45, 2.75) is 6.92 Å². The number of hydrogen-bond donors (Lipinski definition) is 2. The highest BCUT2D eigenvalue weighted by molar-refractivity contribution is 6.99. The van der Waals surface area contributed by atoms with E-state index in [1.165, 1.54) is 5.01 Å². The number of nitrogens with one attached hydrogen (secondary N) is 1. The van der Waals surface area contributed by atoms with Crippen molar-refractivity contribution in [3.63, 3.8) is 0 Å². The molecule has 0 spiro atoms. The average molecular weight is 160 g/mol. The maximum Gasteiger partial charge on any atom is 0.303 e. The fraction of sp³-hybridized carbons (Fsp3) is 0.500. The van der Waals surface area contributed by atoms with Gasteiger partial charge in [-0.15, -0.1) is 0 Å². The van der Waals surface area contributed by atoms with Gasteiger partial charge in [0.1, 0.15) is 0 Å². The second-order valence-electron chi connectivity index (χ2n) is 1.72. The van der Waals surface area contributed by atoms with Crippen molar-refractivity contribution in [3.8, 4) is 0 Å². The molecule has 0 atom stereocenters. The van der Waals surface area contributed by atoms with Gasteiger partial charge in [-0.2, -0.15) is 4.37 Å². The van der Waals surface area contributed by atoms with Gasteiger partial charge in [0.2, 0.25) is 5.82 Å². The Morgan fingerprint density at radius 3 is 3.00 bits per heavy atom. The Morgan fingerprint density at radius 2 is 2.60 bits per heavy atom. The Labute approximate surface area is 61.8 Å². The van der Waals surface area contributed by atoms with E-state index in [4.69, 9.17) is 5.84 Å². The van der Waals surface area contributed by atoms with Crippen molar-refractivity contribution in [1.29, 1.82) is 0 Å². The van der Waals surface area contributed by atoms with Crippen molar-refractivity contribution in [2.75, 3.05) is 11.6 Å². The standard InChI is InChI=1S/C4H8N4OS/c1-2-8(5)3-4(9)7-10-6-3/h2,5H2,1H3,(H,7,9). The van der Waals surface area contributed by atoms with Crippen LogP contribution in [-0.2, 0) is 0 Å². The molecule has 1 aromatic rings. The number of hydrazine groups is 1. The molecule has 10 heavy (non-hydrogen) atoms. The van der Waals surface area contributed by atoms with Gasteiger partial charge in [0.05, 0.1) is 0 Å². The van der Waals surface area contributed by atoms with Crippen LogP contribution in [0.2, 0.25) is 0 Å². The summed E-state index contributed by atoms with van der Waals surface area (Å²) >= 11 is 1.00. The predicted octanol–water partition coefficient (Wildman–Crippen LogP) is -0.469. The molecule has 1 heterocycles. The number of nitrogens with zero attached hydrogens (tertiary/aromatic N) is 2. The van der Waals surface area contributed by atoms with Gasteiger partial charge >= 0.3 is 5.56 Å². The van der Waals surface area contributed by atoms with Crippen LogP contribution in [0.4, 0.5) is 5.82 Å². The van der Waals surface area contributed by atoms with Gasteiger partial charge < -0.3 is 0 Å². The van der Waals surface area contributed by atoms with E-state index in [1.807, 2.05) is 6.92 Å². The lowest BCUT2D eigenvalue weighted by atomic mass is 10.6.